The quantitative estimate of drug-likeness (QED) is 0.704. The van der Waals surface area contributed by atoms with Gasteiger partial charge in [0.25, 0.3) is 5.91 Å². The smallest absolute Gasteiger partial charge is 0.332 e. The van der Waals surface area contributed by atoms with Crippen molar-refractivity contribution in [1.29, 1.82) is 0 Å². The number of hydrogen-bond donors (Lipinski definition) is 1. The van der Waals surface area contributed by atoms with Crippen molar-refractivity contribution in [2.45, 2.75) is 31.2 Å². The van der Waals surface area contributed by atoms with Crippen LogP contribution in [0, 0.1) is 0 Å². The maximum atomic E-state index is 11.8. The van der Waals surface area contributed by atoms with Gasteiger partial charge in [0.2, 0.25) is 0 Å². The molecule has 0 radical (unpaired) electrons. The SMILES string of the molecule is COC1CN(C(=O)[C@@H]2CC[C@H](C(=O)O)O2)C1. The van der Waals surface area contributed by atoms with Gasteiger partial charge in [-0.3, -0.25) is 4.79 Å². The lowest BCUT2D eigenvalue weighted by atomic mass is 10.1. The van der Waals surface area contributed by atoms with E-state index in [1.165, 1.54) is 0 Å². The number of carbonyl (C=O) groups excluding carboxylic acids is 1. The molecule has 2 saturated heterocycles. The lowest BCUT2D eigenvalue weighted by Gasteiger charge is -2.39. The van der Waals surface area contributed by atoms with Crippen molar-refractivity contribution in [2.24, 2.45) is 0 Å². The number of carboxylic acid groups (broad SMARTS) is 1. The maximum Gasteiger partial charge on any atom is 0.332 e. The van der Waals surface area contributed by atoms with Crippen LogP contribution in [-0.4, -0.2) is 60.4 Å². The van der Waals surface area contributed by atoms with Crippen LogP contribution >= 0.6 is 0 Å². The maximum absolute atomic E-state index is 11.8. The summed E-state index contributed by atoms with van der Waals surface area (Å²) in [4.78, 5) is 24.1. The zero-order valence-corrected chi connectivity index (χ0v) is 9.09. The molecular weight excluding hydrogens is 214 g/mol. The van der Waals surface area contributed by atoms with Crippen LogP contribution in [0.2, 0.25) is 0 Å². The molecule has 0 spiro atoms. The van der Waals surface area contributed by atoms with E-state index in [0.717, 1.165) is 0 Å². The largest absolute Gasteiger partial charge is 0.479 e. The van der Waals surface area contributed by atoms with E-state index in [-0.39, 0.29) is 12.0 Å². The fourth-order valence-electron chi connectivity index (χ4n) is 1.97. The van der Waals surface area contributed by atoms with Gasteiger partial charge in [-0.05, 0) is 12.8 Å². The lowest BCUT2D eigenvalue weighted by Crippen LogP contribution is -2.57. The number of rotatable bonds is 3. The summed E-state index contributed by atoms with van der Waals surface area (Å²) in [6.45, 7) is 1.15. The molecule has 0 aromatic rings. The van der Waals surface area contributed by atoms with Crippen molar-refractivity contribution >= 4 is 11.9 Å². The average molecular weight is 229 g/mol. The molecule has 90 valence electrons. The third-order valence-electron chi connectivity index (χ3n) is 3.06. The fraction of sp³-hybridized carbons (Fsp3) is 0.800. The van der Waals surface area contributed by atoms with Crippen molar-refractivity contribution < 1.29 is 24.2 Å². The summed E-state index contributed by atoms with van der Waals surface area (Å²) in [5.74, 6) is -1.11. The third kappa shape index (κ3) is 2.03. The molecule has 2 rings (SSSR count). The van der Waals surface area contributed by atoms with Crippen molar-refractivity contribution in [2.75, 3.05) is 20.2 Å². The van der Waals surface area contributed by atoms with Gasteiger partial charge < -0.3 is 19.5 Å². The Hall–Kier alpha value is -1.14. The number of ether oxygens (including phenoxy) is 2. The van der Waals surface area contributed by atoms with Gasteiger partial charge in [0.05, 0.1) is 6.10 Å². The van der Waals surface area contributed by atoms with Gasteiger partial charge in [-0.1, -0.05) is 0 Å². The number of nitrogens with zero attached hydrogens (tertiary/aromatic N) is 1. The summed E-state index contributed by atoms with van der Waals surface area (Å²) < 4.78 is 10.2. The van der Waals surface area contributed by atoms with Gasteiger partial charge in [0, 0.05) is 20.2 Å². The summed E-state index contributed by atoms with van der Waals surface area (Å²) >= 11 is 0. The summed E-state index contributed by atoms with van der Waals surface area (Å²) in [5, 5.41) is 8.73. The second-order valence-electron chi connectivity index (χ2n) is 4.13. The van der Waals surface area contributed by atoms with Crippen LogP contribution in [0.15, 0.2) is 0 Å². The van der Waals surface area contributed by atoms with Crippen molar-refractivity contribution in [3.05, 3.63) is 0 Å². The van der Waals surface area contributed by atoms with Crippen LogP contribution in [0.25, 0.3) is 0 Å². The standard InChI is InChI=1S/C10H15NO5/c1-15-6-4-11(5-6)9(12)7-2-3-8(16-7)10(13)14/h6-8H,2-5H2,1H3,(H,13,14)/t7-,8+/m0/s1. The molecule has 2 fully saturated rings. The molecular formula is C10H15NO5. The van der Waals surface area contributed by atoms with Crippen molar-refractivity contribution in [3.63, 3.8) is 0 Å². The molecule has 2 aliphatic heterocycles. The van der Waals surface area contributed by atoms with Gasteiger partial charge in [-0.2, -0.15) is 0 Å². The number of aliphatic carboxylic acids is 1. The van der Waals surface area contributed by atoms with E-state index in [0.29, 0.717) is 25.9 Å². The van der Waals surface area contributed by atoms with Crippen molar-refractivity contribution in [1.82, 2.24) is 4.90 Å². The van der Waals surface area contributed by atoms with Gasteiger partial charge in [0.15, 0.2) is 6.10 Å². The van der Waals surface area contributed by atoms with Gasteiger partial charge in [-0.15, -0.1) is 0 Å². The predicted octanol–water partition coefficient (Wildman–Crippen LogP) is -0.524. The Balaban J connectivity index is 1.81. The fourth-order valence-corrected chi connectivity index (χ4v) is 1.97. The van der Waals surface area contributed by atoms with E-state index in [9.17, 15) is 9.59 Å². The molecule has 6 nitrogen and oxygen atoms in total. The minimum absolute atomic E-state index is 0.112. The summed E-state index contributed by atoms with van der Waals surface area (Å²) in [5.41, 5.74) is 0. The molecule has 0 saturated carbocycles. The lowest BCUT2D eigenvalue weighted by molar-refractivity contribution is -0.160. The highest BCUT2D eigenvalue weighted by atomic mass is 16.5. The molecule has 0 unspecified atom stereocenters. The predicted molar refractivity (Wildman–Crippen MR) is 52.9 cm³/mol. The highest BCUT2D eigenvalue weighted by Crippen LogP contribution is 2.23. The summed E-state index contributed by atoms with van der Waals surface area (Å²) in [7, 11) is 1.61. The topological polar surface area (TPSA) is 76.1 Å². The van der Waals surface area contributed by atoms with E-state index in [2.05, 4.69) is 0 Å². The van der Waals surface area contributed by atoms with E-state index < -0.39 is 18.2 Å². The van der Waals surface area contributed by atoms with Crippen molar-refractivity contribution in [3.8, 4) is 0 Å². The zero-order chi connectivity index (χ0) is 11.7. The Bertz CT molecular complexity index is 300. The molecule has 0 bridgehead atoms. The van der Waals surface area contributed by atoms with Crippen LogP contribution in [0.3, 0.4) is 0 Å². The molecule has 6 heteroatoms. The van der Waals surface area contributed by atoms with Crippen LogP contribution in [0.4, 0.5) is 0 Å². The second-order valence-corrected chi connectivity index (χ2v) is 4.13. The first kappa shape index (κ1) is 11.3. The zero-order valence-electron chi connectivity index (χ0n) is 9.09. The van der Waals surface area contributed by atoms with Gasteiger partial charge in [0.1, 0.15) is 6.10 Å². The Labute approximate surface area is 93.1 Å². The van der Waals surface area contributed by atoms with E-state index in [1.54, 1.807) is 12.0 Å². The van der Waals surface area contributed by atoms with Crippen LogP contribution < -0.4 is 0 Å². The first-order valence-corrected chi connectivity index (χ1v) is 5.31. The monoisotopic (exact) mass is 229 g/mol. The first-order chi connectivity index (χ1) is 7.61. The number of likely N-dealkylation sites (tertiary alicyclic amines) is 1. The Morgan fingerprint density at radius 3 is 2.44 bits per heavy atom. The number of carbonyl (C=O) groups is 2. The van der Waals surface area contributed by atoms with Crippen LogP contribution in [0.5, 0.6) is 0 Å². The number of hydrogen-bond acceptors (Lipinski definition) is 4. The molecule has 0 aliphatic carbocycles. The van der Waals surface area contributed by atoms with E-state index >= 15 is 0 Å². The second kappa shape index (κ2) is 4.39. The minimum Gasteiger partial charge on any atom is -0.479 e. The molecule has 0 aromatic carbocycles. The Kier molecular flexibility index (Phi) is 3.11. The number of carboxylic acids is 1. The van der Waals surface area contributed by atoms with E-state index in [4.69, 9.17) is 14.6 Å². The van der Waals surface area contributed by atoms with Gasteiger partial charge in [-0.25, -0.2) is 4.79 Å². The molecule has 2 heterocycles. The molecule has 2 aliphatic rings. The van der Waals surface area contributed by atoms with E-state index in [1.807, 2.05) is 0 Å². The van der Waals surface area contributed by atoms with Crippen LogP contribution in [0.1, 0.15) is 12.8 Å². The summed E-state index contributed by atoms with van der Waals surface area (Å²) in [6.07, 6.45) is -0.398. The highest BCUT2D eigenvalue weighted by molar-refractivity contribution is 5.83. The van der Waals surface area contributed by atoms with Gasteiger partial charge >= 0.3 is 5.97 Å². The molecule has 1 amide bonds. The Morgan fingerprint density at radius 2 is 1.94 bits per heavy atom. The number of methoxy groups -OCH3 is 1. The Morgan fingerprint density at radius 1 is 1.31 bits per heavy atom. The normalized spacial score (nSPS) is 30.2. The summed E-state index contributed by atoms with van der Waals surface area (Å²) in [6, 6.07) is 0. The number of amides is 1. The highest BCUT2D eigenvalue weighted by Gasteiger charge is 2.40. The molecule has 1 N–H and O–H groups in total. The molecule has 0 aromatic heterocycles. The van der Waals surface area contributed by atoms with Crippen LogP contribution in [-0.2, 0) is 19.1 Å². The minimum atomic E-state index is -0.992. The third-order valence-corrected chi connectivity index (χ3v) is 3.06. The average Bonchev–Trinajstić information content (AvgIpc) is 2.64. The molecule has 2 atom stereocenters. The molecule has 16 heavy (non-hydrogen) atoms. The first-order valence-electron chi connectivity index (χ1n) is 5.31.